The number of hydrogen-bond donors (Lipinski definition) is 1. The Bertz CT molecular complexity index is 1080. The van der Waals surface area contributed by atoms with Crippen molar-refractivity contribution in [2.24, 2.45) is 0 Å². The number of methoxy groups -OCH3 is 1. The Morgan fingerprint density at radius 3 is 2.31 bits per heavy atom. The molecule has 7 heteroatoms. The van der Waals surface area contributed by atoms with Gasteiger partial charge in [0.15, 0.2) is 5.11 Å². The first-order valence-electron chi connectivity index (χ1n) is 9.15. The van der Waals surface area contributed by atoms with Gasteiger partial charge in [0.2, 0.25) is 0 Å². The van der Waals surface area contributed by atoms with E-state index in [1.807, 2.05) is 78.7 Å². The van der Waals surface area contributed by atoms with Crippen LogP contribution < -0.4 is 10.2 Å². The lowest BCUT2D eigenvalue weighted by atomic mass is 9.97. The first-order valence-corrected chi connectivity index (χ1v) is 9.55. The maximum Gasteiger partial charge on any atom is 0.337 e. The van der Waals surface area contributed by atoms with E-state index in [0.717, 1.165) is 22.6 Å². The monoisotopic (exact) mass is 404 g/mol. The third kappa shape index (κ3) is 3.52. The standard InChI is InChI=1S/C22H20N4O2S/c1-15-19(21(27)28-2)20(24-22(29)26(15)18-11-7-4-8-12-18)16-13-23-25(14-16)17-9-5-3-6-10-17/h3-14,20H,1-2H3,(H,24,29)/t20-/m0/s1. The Kier molecular flexibility index (Phi) is 5.14. The Hall–Kier alpha value is -3.45. The molecular formula is C22H20N4O2S. The van der Waals surface area contributed by atoms with Crippen LogP contribution in [-0.2, 0) is 9.53 Å². The molecule has 1 atom stereocenters. The molecule has 0 bridgehead atoms. The van der Waals surface area contributed by atoms with Crippen molar-refractivity contribution >= 4 is 29.0 Å². The number of anilines is 1. The van der Waals surface area contributed by atoms with Crippen LogP contribution in [0.4, 0.5) is 5.69 Å². The molecule has 3 aromatic rings. The molecular weight excluding hydrogens is 384 g/mol. The Morgan fingerprint density at radius 2 is 1.69 bits per heavy atom. The number of para-hydroxylation sites is 2. The Labute approximate surface area is 174 Å². The van der Waals surface area contributed by atoms with Crippen LogP contribution >= 0.6 is 12.2 Å². The number of allylic oxidation sites excluding steroid dienone is 1. The number of carbonyl (C=O) groups excluding carboxylic acids is 1. The number of esters is 1. The minimum Gasteiger partial charge on any atom is -0.466 e. The fraction of sp³-hybridized carbons (Fsp3) is 0.136. The van der Waals surface area contributed by atoms with Gasteiger partial charge >= 0.3 is 5.97 Å². The molecule has 0 fully saturated rings. The summed E-state index contributed by atoms with van der Waals surface area (Å²) in [5.41, 5.74) is 3.86. The van der Waals surface area contributed by atoms with Crippen LogP contribution in [0.1, 0.15) is 18.5 Å². The van der Waals surface area contributed by atoms with Crippen molar-refractivity contribution in [2.45, 2.75) is 13.0 Å². The average molecular weight is 404 g/mol. The highest BCUT2D eigenvalue weighted by atomic mass is 32.1. The Balaban J connectivity index is 1.78. The molecule has 146 valence electrons. The fourth-order valence-corrected chi connectivity index (χ4v) is 3.82. The van der Waals surface area contributed by atoms with Crippen LogP contribution in [0.3, 0.4) is 0 Å². The van der Waals surface area contributed by atoms with E-state index in [4.69, 9.17) is 17.0 Å². The van der Waals surface area contributed by atoms with Crippen molar-refractivity contribution in [3.8, 4) is 5.69 Å². The molecule has 0 unspecified atom stereocenters. The number of carbonyl (C=O) groups is 1. The minimum absolute atomic E-state index is 0.407. The molecule has 0 aliphatic carbocycles. The third-order valence-corrected chi connectivity index (χ3v) is 5.16. The molecule has 1 aliphatic heterocycles. The van der Waals surface area contributed by atoms with Gasteiger partial charge in [0.05, 0.1) is 30.6 Å². The molecule has 0 spiro atoms. The third-order valence-electron chi connectivity index (χ3n) is 4.86. The van der Waals surface area contributed by atoms with E-state index in [1.54, 1.807) is 10.9 Å². The van der Waals surface area contributed by atoms with E-state index in [-0.39, 0.29) is 0 Å². The second kappa shape index (κ2) is 7.89. The summed E-state index contributed by atoms with van der Waals surface area (Å²) < 4.78 is 6.86. The van der Waals surface area contributed by atoms with Crippen LogP contribution in [0.2, 0.25) is 0 Å². The lowest BCUT2D eigenvalue weighted by Crippen LogP contribution is -2.48. The first kappa shape index (κ1) is 18.9. The first-order chi connectivity index (χ1) is 14.1. The van der Waals surface area contributed by atoms with Gasteiger partial charge in [0.1, 0.15) is 0 Å². The summed E-state index contributed by atoms with van der Waals surface area (Å²) in [6.45, 7) is 1.88. The molecule has 0 saturated carbocycles. The summed E-state index contributed by atoms with van der Waals surface area (Å²) in [6, 6.07) is 19.0. The molecule has 1 N–H and O–H groups in total. The lowest BCUT2D eigenvalue weighted by Gasteiger charge is -2.37. The molecule has 0 amide bonds. The van der Waals surface area contributed by atoms with Crippen LogP contribution in [0.25, 0.3) is 5.69 Å². The second-order valence-corrected chi connectivity index (χ2v) is 6.98. The number of nitrogens with zero attached hydrogens (tertiary/aromatic N) is 3. The van der Waals surface area contributed by atoms with Crippen LogP contribution in [0.5, 0.6) is 0 Å². The molecule has 4 rings (SSSR count). The average Bonchev–Trinajstić information content (AvgIpc) is 3.24. The zero-order valence-corrected chi connectivity index (χ0v) is 16.9. The van der Waals surface area contributed by atoms with E-state index in [0.29, 0.717) is 10.7 Å². The maximum atomic E-state index is 12.7. The molecule has 29 heavy (non-hydrogen) atoms. The van der Waals surface area contributed by atoms with Gasteiger partial charge in [-0.2, -0.15) is 5.10 Å². The smallest absolute Gasteiger partial charge is 0.337 e. The van der Waals surface area contributed by atoms with E-state index >= 15 is 0 Å². The molecule has 0 saturated heterocycles. The van der Waals surface area contributed by atoms with E-state index in [1.165, 1.54) is 7.11 Å². The number of benzene rings is 2. The molecule has 1 aromatic heterocycles. The second-order valence-electron chi connectivity index (χ2n) is 6.60. The summed E-state index contributed by atoms with van der Waals surface area (Å²) in [5, 5.41) is 8.25. The summed E-state index contributed by atoms with van der Waals surface area (Å²) in [4.78, 5) is 14.6. The van der Waals surface area contributed by atoms with Gasteiger partial charge in [0, 0.05) is 23.1 Å². The van der Waals surface area contributed by atoms with Crippen LogP contribution in [0.15, 0.2) is 84.3 Å². The van der Waals surface area contributed by atoms with Gasteiger partial charge < -0.3 is 10.1 Å². The van der Waals surface area contributed by atoms with Crippen molar-refractivity contribution in [2.75, 3.05) is 12.0 Å². The number of nitrogens with one attached hydrogen (secondary N) is 1. The van der Waals surface area contributed by atoms with Gasteiger partial charge in [-0.15, -0.1) is 0 Å². The lowest BCUT2D eigenvalue weighted by molar-refractivity contribution is -0.136. The Morgan fingerprint density at radius 1 is 1.07 bits per heavy atom. The van der Waals surface area contributed by atoms with Crippen molar-refractivity contribution in [1.29, 1.82) is 0 Å². The minimum atomic E-state index is -0.452. The zero-order chi connectivity index (χ0) is 20.4. The molecule has 6 nitrogen and oxygen atoms in total. The number of rotatable bonds is 4. The number of thiocarbonyl (C=S) groups is 1. The number of aromatic nitrogens is 2. The van der Waals surface area contributed by atoms with Gasteiger partial charge in [0.25, 0.3) is 0 Å². The quantitative estimate of drug-likeness (QED) is 0.528. The van der Waals surface area contributed by atoms with Gasteiger partial charge in [-0.05, 0) is 43.4 Å². The van der Waals surface area contributed by atoms with Crippen molar-refractivity contribution in [3.05, 3.63) is 89.9 Å². The highest BCUT2D eigenvalue weighted by Gasteiger charge is 2.35. The topological polar surface area (TPSA) is 59.4 Å². The highest BCUT2D eigenvalue weighted by molar-refractivity contribution is 7.80. The zero-order valence-electron chi connectivity index (χ0n) is 16.1. The van der Waals surface area contributed by atoms with E-state index in [2.05, 4.69) is 10.4 Å². The van der Waals surface area contributed by atoms with Crippen molar-refractivity contribution in [1.82, 2.24) is 15.1 Å². The number of hydrogen-bond acceptors (Lipinski definition) is 4. The van der Waals surface area contributed by atoms with E-state index in [9.17, 15) is 4.79 Å². The molecule has 1 aliphatic rings. The molecule has 2 aromatic carbocycles. The largest absolute Gasteiger partial charge is 0.466 e. The van der Waals surface area contributed by atoms with Crippen molar-refractivity contribution in [3.63, 3.8) is 0 Å². The van der Waals surface area contributed by atoms with Crippen LogP contribution in [-0.4, -0.2) is 28.0 Å². The number of ether oxygens (including phenoxy) is 1. The van der Waals surface area contributed by atoms with Gasteiger partial charge in [-0.25, -0.2) is 9.48 Å². The summed E-state index contributed by atoms with van der Waals surface area (Å²) in [7, 11) is 1.38. The van der Waals surface area contributed by atoms with Gasteiger partial charge in [-0.3, -0.25) is 4.90 Å². The SMILES string of the molecule is COC(=O)C1=C(C)N(c2ccccc2)C(=S)N[C@H]1c1cnn(-c2ccccc2)c1. The summed E-state index contributed by atoms with van der Waals surface area (Å²) in [5.74, 6) is -0.407. The van der Waals surface area contributed by atoms with Crippen molar-refractivity contribution < 1.29 is 9.53 Å². The highest BCUT2D eigenvalue weighted by Crippen LogP contribution is 2.34. The fourth-order valence-electron chi connectivity index (χ4n) is 3.46. The van der Waals surface area contributed by atoms with E-state index < -0.39 is 12.0 Å². The van der Waals surface area contributed by atoms with Gasteiger partial charge in [-0.1, -0.05) is 36.4 Å². The van der Waals surface area contributed by atoms with Crippen LogP contribution in [0, 0.1) is 0 Å². The maximum absolute atomic E-state index is 12.7. The predicted molar refractivity (Wildman–Crippen MR) is 116 cm³/mol. The predicted octanol–water partition coefficient (Wildman–Crippen LogP) is 3.76. The summed E-state index contributed by atoms with van der Waals surface area (Å²) in [6.07, 6.45) is 3.63. The normalized spacial score (nSPS) is 16.6. The summed E-state index contributed by atoms with van der Waals surface area (Å²) >= 11 is 5.64. The molecule has 0 radical (unpaired) electrons. The molecule has 2 heterocycles.